The van der Waals surface area contributed by atoms with Crippen molar-refractivity contribution in [1.29, 1.82) is 0 Å². The second-order valence-corrected chi connectivity index (χ2v) is 3.80. The van der Waals surface area contributed by atoms with Crippen LogP contribution < -0.4 is 0 Å². The maximum Gasteiger partial charge on any atom is 0.328 e. The Labute approximate surface area is 111 Å². The first-order valence-corrected chi connectivity index (χ1v) is 5.42. The lowest BCUT2D eigenvalue weighted by Crippen LogP contribution is -1.92. The number of furan rings is 1. The summed E-state index contributed by atoms with van der Waals surface area (Å²) in [6.45, 7) is 0. The normalized spacial score (nSPS) is 10.8. The molecule has 0 saturated heterocycles. The zero-order chi connectivity index (χ0) is 14.7. The minimum Gasteiger partial charge on any atom is -0.478 e. The van der Waals surface area contributed by atoms with Crippen LogP contribution in [-0.4, -0.2) is 16.0 Å². The molecule has 102 valence electrons. The number of rotatable bonds is 4. The third-order valence-electron chi connectivity index (χ3n) is 2.44. The average molecular weight is 277 g/mol. The molecule has 7 heteroatoms. The van der Waals surface area contributed by atoms with Crippen molar-refractivity contribution in [2.75, 3.05) is 0 Å². The zero-order valence-corrected chi connectivity index (χ0v) is 9.95. The van der Waals surface area contributed by atoms with Gasteiger partial charge >= 0.3 is 11.7 Å². The first kappa shape index (κ1) is 13.5. The Morgan fingerprint density at radius 2 is 2.10 bits per heavy atom. The molecule has 0 saturated carbocycles. The lowest BCUT2D eigenvalue weighted by molar-refractivity contribution is -0.387. The molecule has 2 rings (SSSR count). The maximum atomic E-state index is 13.2. The Kier molecular flexibility index (Phi) is 3.60. The van der Waals surface area contributed by atoms with Crippen molar-refractivity contribution >= 4 is 17.7 Å². The number of carboxylic acids is 1. The van der Waals surface area contributed by atoms with Crippen molar-refractivity contribution in [2.24, 2.45) is 0 Å². The van der Waals surface area contributed by atoms with E-state index in [2.05, 4.69) is 0 Å². The standard InChI is InChI=1S/C13H8FNO5/c14-10-4-1-8(7-11(10)15(18)19)12-5-2-9(20-12)3-6-13(16)17/h1-7H,(H,16,17)/b6-3+. The van der Waals surface area contributed by atoms with Gasteiger partial charge in [-0.25, -0.2) is 4.79 Å². The number of carbonyl (C=O) groups is 1. The number of nitro groups is 1. The predicted molar refractivity (Wildman–Crippen MR) is 67.4 cm³/mol. The largest absolute Gasteiger partial charge is 0.478 e. The predicted octanol–water partition coefficient (Wildman–Crippen LogP) is 3.09. The number of nitrogens with zero attached hydrogens (tertiary/aromatic N) is 1. The molecule has 6 nitrogen and oxygen atoms in total. The molecule has 1 heterocycles. The number of hydrogen-bond donors (Lipinski definition) is 1. The summed E-state index contributed by atoms with van der Waals surface area (Å²) in [7, 11) is 0. The molecular weight excluding hydrogens is 269 g/mol. The van der Waals surface area contributed by atoms with Crippen LogP contribution in [0.5, 0.6) is 0 Å². The highest BCUT2D eigenvalue weighted by Gasteiger charge is 2.16. The summed E-state index contributed by atoms with van der Waals surface area (Å²) in [4.78, 5) is 20.2. The lowest BCUT2D eigenvalue weighted by Gasteiger charge is -1.98. The fourth-order valence-electron chi connectivity index (χ4n) is 1.56. The van der Waals surface area contributed by atoms with Gasteiger partial charge in [-0.15, -0.1) is 0 Å². The van der Waals surface area contributed by atoms with Crippen LogP contribution in [0.25, 0.3) is 17.4 Å². The minimum absolute atomic E-state index is 0.273. The van der Waals surface area contributed by atoms with Crippen LogP contribution in [0.3, 0.4) is 0 Å². The van der Waals surface area contributed by atoms with Gasteiger partial charge in [0.05, 0.1) is 4.92 Å². The summed E-state index contributed by atoms with van der Waals surface area (Å²) < 4.78 is 18.5. The summed E-state index contributed by atoms with van der Waals surface area (Å²) in [6.07, 6.45) is 2.14. The van der Waals surface area contributed by atoms with Crippen molar-refractivity contribution in [3.63, 3.8) is 0 Å². The van der Waals surface area contributed by atoms with Gasteiger partial charge in [0.1, 0.15) is 11.5 Å². The molecule has 0 aliphatic heterocycles. The first-order chi connectivity index (χ1) is 9.47. The smallest absolute Gasteiger partial charge is 0.328 e. The summed E-state index contributed by atoms with van der Waals surface area (Å²) in [5.74, 6) is -1.51. The van der Waals surface area contributed by atoms with Crippen molar-refractivity contribution < 1.29 is 23.6 Å². The molecule has 0 bridgehead atoms. The molecule has 0 atom stereocenters. The zero-order valence-electron chi connectivity index (χ0n) is 9.95. The van der Waals surface area contributed by atoms with E-state index in [1.54, 1.807) is 0 Å². The molecule has 0 amide bonds. The Morgan fingerprint density at radius 3 is 2.75 bits per heavy atom. The Morgan fingerprint density at radius 1 is 1.35 bits per heavy atom. The van der Waals surface area contributed by atoms with E-state index in [1.165, 1.54) is 24.3 Å². The second kappa shape index (κ2) is 5.35. The van der Waals surface area contributed by atoms with Gasteiger partial charge in [0.2, 0.25) is 5.82 Å². The molecule has 20 heavy (non-hydrogen) atoms. The van der Waals surface area contributed by atoms with E-state index in [4.69, 9.17) is 9.52 Å². The van der Waals surface area contributed by atoms with E-state index < -0.39 is 22.4 Å². The molecule has 0 aliphatic rings. The first-order valence-electron chi connectivity index (χ1n) is 5.42. The Hall–Kier alpha value is -2.96. The van der Waals surface area contributed by atoms with Gasteiger partial charge in [0.15, 0.2) is 0 Å². The van der Waals surface area contributed by atoms with Crippen molar-refractivity contribution in [3.05, 3.63) is 58.1 Å². The fourth-order valence-corrected chi connectivity index (χ4v) is 1.56. The van der Waals surface area contributed by atoms with Gasteiger partial charge < -0.3 is 9.52 Å². The Balaban J connectivity index is 2.35. The highest BCUT2D eigenvalue weighted by molar-refractivity contribution is 5.84. The van der Waals surface area contributed by atoms with Crippen LogP contribution in [0.15, 0.2) is 40.8 Å². The average Bonchev–Trinajstić information content (AvgIpc) is 2.85. The number of hydrogen-bond acceptors (Lipinski definition) is 4. The molecule has 0 radical (unpaired) electrons. The van der Waals surface area contributed by atoms with E-state index in [-0.39, 0.29) is 11.5 Å². The molecule has 0 unspecified atom stereocenters. The number of halogens is 1. The van der Waals surface area contributed by atoms with E-state index in [9.17, 15) is 19.3 Å². The van der Waals surface area contributed by atoms with Crippen LogP contribution in [-0.2, 0) is 4.79 Å². The van der Waals surface area contributed by atoms with Crippen molar-refractivity contribution in [3.8, 4) is 11.3 Å². The highest BCUT2D eigenvalue weighted by atomic mass is 19.1. The topological polar surface area (TPSA) is 93.6 Å². The van der Waals surface area contributed by atoms with Crippen molar-refractivity contribution in [2.45, 2.75) is 0 Å². The lowest BCUT2D eigenvalue weighted by atomic mass is 10.1. The number of aliphatic carboxylic acids is 1. The molecule has 1 N–H and O–H groups in total. The summed E-state index contributed by atoms with van der Waals surface area (Å²) >= 11 is 0. The molecule has 1 aromatic carbocycles. The van der Waals surface area contributed by atoms with Gasteiger partial charge in [-0.2, -0.15) is 4.39 Å². The fraction of sp³-hybridized carbons (Fsp3) is 0. The van der Waals surface area contributed by atoms with Gasteiger partial charge in [0.25, 0.3) is 0 Å². The quantitative estimate of drug-likeness (QED) is 0.526. The van der Waals surface area contributed by atoms with Gasteiger partial charge in [-0.1, -0.05) is 0 Å². The van der Waals surface area contributed by atoms with Crippen LogP contribution >= 0.6 is 0 Å². The SMILES string of the molecule is O=C(O)/C=C/c1ccc(-c2ccc(F)c([N+](=O)[O-])c2)o1. The van der Waals surface area contributed by atoms with Crippen LogP contribution in [0.2, 0.25) is 0 Å². The monoisotopic (exact) mass is 277 g/mol. The highest BCUT2D eigenvalue weighted by Crippen LogP contribution is 2.28. The molecular formula is C13H8FNO5. The Bertz CT molecular complexity index is 705. The summed E-state index contributed by atoms with van der Waals surface area (Å²) in [5, 5.41) is 19.1. The third kappa shape index (κ3) is 2.89. The number of benzene rings is 1. The van der Waals surface area contributed by atoms with Crippen LogP contribution in [0.1, 0.15) is 5.76 Å². The molecule has 2 aromatic rings. The second-order valence-electron chi connectivity index (χ2n) is 3.80. The van der Waals surface area contributed by atoms with Crippen LogP contribution in [0.4, 0.5) is 10.1 Å². The summed E-state index contributed by atoms with van der Waals surface area (Å²) in [6, 6.07) is 6.38. The molecule has 0 aliphatic carbocycles. The van der Waals surface area contributed by atoms with Crippen molar-refractivity contribution in [1.82, 2.24) is 0 Å². The third-order valence-corrected chi connectivity index (χ3v) is 2.44. The van der Waals surface area contributed by atoms with E-state index in [1.807, 2.05) is 0 Å². The molecule has 1 aromatic heterocycles. The van der Waals surface area contributed by atoms with Gasteiger partial charge in [-0.3, -0.25) is 10.1 Å². The molecule has 0 fully saturated rings. The molecule has 0 spiro atoms. The maximum absolute atomic E-state index is 13.2. The van der Waals surface area contributed by atoms with E-state index >= 15 is 0 Å². The van der Waals surface area contributed by atoms with Gasteiger partial charge in [0, 0.05) is 17.7 Å². The van der Waals surface area contributed by atoms with Crippen LogP contribution in [0, 0.1) is 15.9 Å². The summed E-state index contributed by atoms with van der Waals surface area (Å²) in [5.41, 5.74) is -0.324. The van der Waals surface area contributed by atoms with Gasteiger partial charge in [-0.05, 0) is 30.3 Å². The number of nitro benzene ring substituents is 1. The van der Waals surface area contributed by atoms with E-state index in [0.29, 0.717) is 5.56 Å². The minimum atomic E-state index is -1.12. The number of carboxylic acid groups (broad SMARTS) is 1. The van der Waals surface area contributed by atoms with E-state index in [0.717, 1.165) is 18.2 Å².